The van der Waals surface area contributed by atoms with Crippen LogP contribution < -0.4 is 10.1 Å². The minimum absolute atomic E-state index is 0.168. The fourth-order valence-electron chi connectivity index (χ4n) is 3.56. The largest absolute Gasteiger partial charge is 0.497 e. The molecule has 1 N–H and O–H groups in total. The van der Waals surface area contributed by atoms with Crippen LogP contribution in [0.15, 0.2) is 66.7 Å². The van der Waals surface area contributed by atoms with Gasteiger partial charge in [-0.15, -0.1) is 0 Å². The number of hydrogen-bond acceptors (Lipinski definition) is 3. The number of halogens is 2. The molecule has 0 fully saturated rings. The van der Waals surface area contributed by atoms with Crippen LogP contribution in [-0.4, -0.2) is 18.0 Å². The number of rotatable bonds is 5. The van der Waals surface area contributed by atoms with Gasteiger partial charge in [-0.3, -0.25) is 4.79 Å². The summed E-state index contributed by atoms with van der Waals surface area (Å²) in [4.78, 5) is 18.1. The zero-order chi connectivity index (χ0) is 22.0. The van der Waals surface area contributed by atoms with Crippen molar-refractivity contribution in [3.63, 3.8) is 0 Å². The summed E-state index contributed by atoms with van der Waals surface area (Å²) in [5, 5.41) is 4.85. The molecule has 4 rings (SSSR count). The maximum atomic E-state index is 13.3. The first-order valence-electron chi connectivity index (χ1n) is 9.74. The van der Waals surface area contributed by atoms with E-state index in [1.54, 1.807) is 19.2 Å². The van der Waals surface area contributed by atoms with Crippen molar-refractivity contribution in [2.45, 2.75) is 13.5 Å². The molecule has 3 aromatic carbocycles. The van der Waals surface area contributed by atoms with Crippen LogP contribution >= 0.6 is 23.2 Å². The molecule has 0 saturated heterocycles. The summed E-state index contributed by atoms with van der Waals surface area (Å²) in [6.07, 6.45) is 0. The van der Waals surface area contributed by atoms with Crippen molar-refractivity contribution >= 4 is 40.0 Å². The van der Waals surface area contributed by atoms with Crippen molar-refractivity contribution in [2.75, 3.05) is 7.11 Å². The monoisotopic (exact) mass is 450 g/mol. The van der Waals surface area contributed by atoms with Crippen LogP contribution in [0.3, 0.4) is 0 Å². The summed E-state index contributed by atoms with van der Waals surface area (Å²) in [6, 6.07) is 20.5. The first-order valence-corrected chi connectivity index (χ1v) is 10.5. The Bertz CT molecular complexity index is 1270. The third-order valence-electron chi connectivity index (χ3n) is 5.16. The van der Waals surface area contributed by atoms with E-state index in [4.69, 9.17) is 32.9 Å². The molecule has 0 bridgehead atoms. The number of benzene rings is 3. The first-order chi connectivity index (χ1) is 15.0. The smallest absolute Gasteiger partial charge is 0.252 e. The Morgan fingerprint density at radius 3 is 2.48 bits per heavy atom. The number of amides is 1. The Hall–Kier alpha value is -3.08. The zero-order valence-electron chi connectivity index (χ0n) is 17.1. The minimum Gasteiger partial charge on any atom is -0.497 e. The molecule has 4 nitrogen and oxygen atoms in total. The number of nitrogens with one attached hydrogen (secondary N) is 1. The summed E-state index contributed by atoms with van der Waals surface area (Å²) < 4.78 is 5.19. The standard InChI is InChI=1S/C25H20Cl2N2O2/c1-15-23(25(30)28-14-16-7-10-18(31-2)11-8-16)20-5-3-4-6-22(20)29-24(15)19-12-9-17(26)13-21(19)27/h3-13H,14H2,1-2H3,(H,28,30). The van der Waals surface area contributed by atoms with Gasteiger partial charge in [0.1, 0.15) is 5.75 Å². The summed E-state index contributed by atoms with van der Waals surface area (Å²) in [7, 11) is 1.62. The number of fused-ring (bicyclic) bond motifs is 1. The third-order valence-corrected chi connectivity index (χ3v) is 5.71. The number of para-hydroxylation sites is 1. The molecule has 0 aliphatic heterocycles. The maximum Gasteiger partial charge on any atom is 0.252 e. The van der Waals surface area contributed by atoms with E-state index in [1.165, 1.54) is 0 Å². The van der Waals surface area contributed by atoms with Gasteiger partial charge in [0.2, 0.25) is 0 Å². The molecule has 0 aliphatic rings. The summed E-state index contributed by atoms with van der Waals surface area (Å²) in [6.45, 7) is 2.29. The Labute approximate surface area is 190 Å². The second-order valence-corrected chi connectivity index (χ2v) is 7.98. The highest BCUT2D eigenvalue weighted by molar-refractivity contribution is 6.36. The molecule has 0 aliphatic carbocycles. The molecule has 0 spiro atoms. The van der Waals surface area contributed by atoms with Crippen molar-refractivity contribution in [3.8, 4) is 17.0 Å². The Kier molecular flexibility index (Phi) is 6.12. The van der Waals surface area contributed by atoms with Crippen LogP contribution in [0, 0.1) is 6.92 Å². The lowest BCUT2D eigenvalue weighted by molar-refractivity contribution is 0.0952. The number of carbonyl (C=O) groups excluding carboxylic acids is 1. The molecule has 1 aromatic heterocycles. The fourth-order valence-corrected chi connectivity index (χ4v) is 4.06. The zero-order valence-corrected chi connectivity index (χ0v) is 18.6. The molecule has 156 valence electrons. The second kappa shape index (κ2) is 8.96. The Morgan fingerprint density at radius 2 is 1.77 bits per heavy atom. The average Bonchev–Trinajstić information content (AvgIpc) is 2.78. The molecule has 0 atom stereocenters. The molecule has 1 amide bonds. The Balaban J connectivity index is 1.75. The van der Waals surface area contributed by atoms with E-state index in [9.17, 15) is 4.79 Å². The van der Waals surface area contributed by atoms with Crippen molar-refractivity contribution in [2.24, 2.45) is 0 Å². The van der Waals surface area contributed by atoms with E-state index < -0.39 is 0 Å². The van der Waals surface area contributed by atoms with Gasteiger partial charge in [0.05, 0.1) is 28.9 Å². The highest BCUT2D eigenvalue weighted by atomic mass is 35.5. The molecular weight excluding hydrogens is 431 g/mol. The molecule has 31 heavy (non-hydrogen) atoms. The van der Waals surface area contributed by atoms with E-state index in [0.29, 0.717) is 27.8 Å². The van der Waals surface area contributed by atoms with Gasteiger partial charge in [-0.05, 0) is 54.4 Å². The average molecular weight is 451 g/mol. The highest BCUT2D eigenvalue weighted by Crippen LogP contribution is 2.34. The number of methoxy groups -OCH3 is 1. The highest BCUT2D eigenvalue weighted by Gasteiger charge is 2.20. The number of ether oxygens (including phenoxy) is 1. The van der Waals surface area contributed by atoms with Gasteiger partial charge in [0, 0.05) is 22.5 Å². The lowest BCUT2D eigenvalue weighted by Gasteiger charge is -2.16. The summed E-state index contributed by atoms with van der Waals surface area (Å²) in [5.41, 5.74) is 4.44. The van der Waals surface area contributed by atoms with Crippen LogP contribution in [-0.2, 0) is 6.54 Å². The SMILES string of the molecule is COc1ccc(CNC(=O)c2c(C)c(-c3ccc(Cl)cc3Cl)nc3ccccc23)cc1. The van der Waals surface area contributed by atoms with Gasteiger partial charge >= 0.3 is 0 Å². The molecule has 0 radical (unpaired) electrons. The normalized spacial score (nSPS) is 10.8. The fraction of sp³-hybridized carbons (Fsp3) is 0.120. The van der Waals surface area contributed by atoms with E-state index >= 15 is 0 Å². The number of hydrogen-bond donors (Lipinski definition) is 1. The number of pyridine rings is 1. The predicted molar refractivity (Wildman–Crippen MR) is 126 cm³/mol. The molecule has 0 unspecified atom stereocenters. The quantitative estimate of drug-likeness (QED) is 0.379. The second-order valence-electron chi connectivity index (χ2n) is 7.13. The van der Waals surface area contributed by atoms with Crippen LogP contribution in [0.1, 0.15) is 21.5 Å². The molecule has 6 heteroatoms. The molecule has 0 saturated carbocycles. The number of nitrogens with zero attached hydrogens (tertiary/aromatic N) is 1. The predicted octanol–water partition coefficient (Wildman–Crippen LogP) is 6.46. The van der Waals surface area contributed by atoms with Gasteiger partial charge in [-0.2, -0.15) is 0 Å². The van der Waals surface area contributed by atoms with Crippen molar-refractivity contribution in [1.29, 1.82) is 0 Å². The van der Waals surface area contributed by atoms with Crippen LogP contribution in [0.25, 0.3) is 22.2 Å². The van der Waals surface area contributed by atoms with Gasteiger partial charge < -0.3 is 10.1 Å². The maximum absolute atomic E-state index is 13.3. The molecule has 4 aromatic rings. The van der Waals surface area contributed by atoms with Gasteiger partial charge in [-0.1, -0.05) is 53.5 Å². The lowest BCUT2D eigenvalue weighted by Crippen LogP contribution is -2.24. The van der Waals surface area contributed by atoms with Gasteiger partial charge in [-0.25, -0.2) is 4.98 Å². The topological polar surface area (TPSA) is 51.2 Å². The third kappa shape index (κ3) is 4.36. The lowest BCUT2D eigenvalue weighted by atomic mass is 9.97. The van der Waals surface area contributed by atoms with Crippen LogP contribution in [0.2, 0.25) is 10.0 Å². The summed E-state index contributed by atoms with van der Waals surface area (Å²) in [5.74, 6) is 0.605. The van der Waals surface area contributed by atoms with Crippen LogP contribution in [0.4, 0.5) is 0 Å². The number of aromatic nitrogens is 1. The van der Waals surface area contributed by atoms with E-state index in [1.807, 2.05) is 61.5 Å². The number of carbonyl (C=O) groups is 1. The summed E-state index contributed by atoms with van der Waals surface area (Å²) >= 11 is 12.5. The Morgan fingerprint density at radius 1 is 1.03 bits per heavy atom. The van der Waals surface area contributed by atoms with Crippen molar-refractivity contribution in [1.82, 2.24) is 10.3 Å². The van der Waals surface area contributed by atoms with Gasteiger partial charge in [0.25, 0.3) is 5.91 Å². The van der Waals surface area contributed by atoms with Gasteiger partial charge in [0.15, 0.2) is 0 Å². The van der Waals surface area contributed by atoms with E-state index in [0.717, 1.165) is 33.3 Å². The molecule has 1 heterocycles. The van der Waals surface area contributed by atoms with Crippen molar-refractivity contribution in [3.05, 3.63) is 93.5 Å². The molecular formula is C25H20Cl2N2O2. The first kappa shape index (κ1) is 21.2. The van der Waals surface area contributed by atoms with Crippen molar-refractivity contribution < 1.29 is 9.53 Å². The van der Waals surface area contributed by atoms with E-state index in [-0.39, 0.29) is 5.91 Å². The minimum atomic E-state index is -0.168. The van der Waals surface area contributed by atoms with Crippen LogP contribution in [0.5, 0.6) is 5.75 Å². The van der Waals surface area contributed by atoms with E-state index in [2.05, 4.69) is 5.32 Å².